The van der Waals surface area contributed by atoms with E-state index in [1.807, 2.05) is 19.1 Å². The average Bonchev–Trinajstić information content (AvgIpc) is 3.23. The van der Waals surface area contributed by atoms with Crippen molar-refractivity contribution in [3.8, 4) is 0 Å². The van der Waals surface area contributed by atoms with Gasteiger partial charge in [-0.15, -0.1) is 0 Å². The number of hydrogen-bond donors (Lipinski definition) is 2. The van der Waals surface area contributed by atoms with Crippen molar-refractivity contribution in [3.05, 3.63) is 29.8 Å². The highest BCUT2D eigenvalue weighted by molar-refractivity contribution is 5.92. The summed E-state index contributed by atoms with van der Waals surface area (Å²) in [4.78, 5) is 12.0. The minimum absolute atomic E-state index is 0.139. The lowest BCUT2D eigenvalue weighted by Crippen LogP contribution is -2.22. The molecule has 1 aromatic carbocycles. The van der Waals surface area contributed by atoms with Gasteiger partial charge in [-0.3, -0.25) is 4.79 Å². The van der Waals surface area contributed by atoms with Crippen molar-refractivity contribution in [2.75, 3.05) is 11.9 Å². The summed E-state index contributed by atoms with van der Waals surface area (Å²) in [6.45, 7) is 7.23. The Morgan fingerprint density at radius 3 is 2.42 bits per heavy atom. The largest absolute Gasteiger partial charge is 0.326 e. The molecule has 1 aliphatic carbocycles. The predicted molar refractivity (Wildman–Crippen MR) is 79.1 cm³/mol. The Morgan fingerprint density at radius 1 is 1.26 bits per heavy atom. The fourth-order valence-electron chi connectivity index (χ4n) is 2.35. The van der Waals surface area contributed by atoms with Crippen LogP contribution in [0.5, 0.6) is 0 Å². The zero-order valence-corrected chi connectivity index (χ0v) is 12.1. The van der Waals surface area contributed by atoms with Crippen LogP contribution in [0.15, 0.2) is 24.3 Å². The fourth-order valence-corrected chi connectivity index (χ4v) is 2.35. The van der Waals surface area contributed by atoms with Gasteiger partial charge in [0.2, 0.25) is 5.91 Å². The molecule has 0 radical (unpaired) electrons. The maximum Gasteiger partial charge on any atom is 0.227 e. The summed E-state index contributed by atoms with van der Waals surface area (Å²) in [5.74, 6) is 0.892. The molecule has 1 aliphatic rings. The van der Waals surface area contributed by atoms with Crippen LogP contribution in [-0.2, 0) is 4.79 Å². The second kappa shape index (κ2) is 6.20. The molecule has 2 N–H and O–H groups in total. The van der Waals surface area contributed by atoms with E-state index < -0.39 is 0 Å². The van der Waals surface area contributed by atoms with E-state index in [2.05, 4.69) is 36.6 Å². The first-order valence-corrected chi connectivity index (χ1v) is 7.26. The first kappa shape index (κ1) is 14.1. The molecular formula is C16H24N2O. The Morgan fingerprint density at radius 2 is 1.89 bits per heavy atom. The molecule has 2 unspecified atom stereocenters. The number of benzene rings is 1. The third-order valence-corrected chi connectivity index (χ3v) is 3.93. The molecule has 1 fully saturated rings. The van der Waals surface area contributed by atoms with Gasteiger partial charge in [0, 0.05) is 17.6 Å². The van der Waals surface area contributed by atoms with Crippen LogP contribution in [-0.4, -0.2) is 12.5 Å². The normalized spacial score (nSPS) is 17.8. The molecule has 1 saturated carbocycles. The van der Waals surface area contributed by atoms with Crippen molar-refractivity contribution in [1.29, 1.82) is 0 Å². The first-order valence-electron chi connectivity index (χ1n) is 7.26. The number of carbonyl (C=O) groups is 1. The van der Waals surface area contributed by atoms with Crippen LogP contribution >= 0.6 is 0 Å². The SMILES string of the molecule is CCNC(C)c1ccc(NC(=O)C(C)C2CC2)cc1. The molecule has 0 saturated heterocycles. The molecular weight excluding hydrogens is 236 g/mol. The minimum Gasteiger partial charge on any atom is -0.326 e. The summed E-state index contributed by atoms with van der Waals surface area (Å²) in [5, 5.41) is 6.38. The van der Waals surface area contributed by atoms with Gasteiger partial charge in [-0.1, -0.05) is 26.0 Å². The van der Waals surface area contributed by atoms with Gasteiger partial charge in [-0.2, -0.15) is 0 Å². The zero-order valence-electron chi connectivity index (χ0n) is 12.1. The number of hydrogen-bond acceptors (Lipinski definition) is 2. The van der Waals surface area contributed by atoms with Crippen LogP contribution < -0.4 is 10.6 Å². The summed E-state index contributed by atoms with van der Waals surface area (Å²) < 4.78 is 0. The Bertz CT molecular complexity index is 423. The number of rotatable bonds is 6. The third-order valence-electron chi connectivity index (χ3n) is 3.93. The maximum atomic E-state index is 12.0. The van der Waals surface area contributed by atoms with Crippen LogP contribution in [0.4, 0.5) is 5.69 Å². The number of anilines is 1. The Balaban J connectivity index is 1.92. The van der Waals surface area contributed by atoms with Gasteiger partial charge in [0.25, 0.3) is 0 Å². The summed E-state index contributed by atoms with van der Waals surface area (Å²) in [6, 6.07) is 8.47. The van der Waals surface area contributed by atoms with Gasteiger partial charge in [0.15, 0.2) is 0 Å². The van der Waals surface area contributed by atoms with Gasteiger partial charge in [0.05, 0.1) is 0 Å². The molecule has 1 amide bonds. The second-order valence-electron chi connectivity index (χ2n) is 5.52. The maximum absolute atomic E-state index is 12.0. The number of carbonyl (C=O) groups excluding carboxylic acids is 1. The van der Waals surface area contributed by atoms with Gasteiger partial charge >= 0.3 is 0 Å². The van der Waals surface area contributed by atoms with Gasteiger partial charge in [0.1, 0.15) is 0 Å². The first-order chi connectivity index (χ1) is 9.11. The molecule has 1 aromatic rings. The van der Waals surface area contributed by atoms with Gasteiger partial charge in [-0.25, -0.2) is 0 Å². The van der Waals surface area contributed by atoms with Crippen LogP contribution in [0.1, 0.15) is 45.2 Å². The molecule has 0 spiro atoms. The molecule has 104 valence electrons. The van der Waals surface area contributed by atoms with E-state index in [4.69, 9.17) is 0 Å². The summed E-state index contributed by atoms with van der Waals surface area (Å²) in [5.41, 5.74) is 2.14. The van der Waals surface area contributed by atoms with Crippen molar-refractivity contribution in [2.45, 2.75) is 39.7 Å². The minimum atomic E-state index is 0.139. The van der Waals surface area contributed by atoms with Crippen LogP contribution in [0.3, 0.4) is 0 Å². The van der Waals surface area contributed by atoms with Crippen LogP contribution in [0.2, 0.25) is 0 Å². The Kier molecular flexibility index (Phi) is 4.59. The molecule has 0 aromatic heterocycles. The van der Waals surface area contributed by atoms with Crippen LogP contribution in [0.25, 0.3) is 0 Å². The molecule has 2 atom stereocenters. The van der Waals surface area contributed by atoms with E-state index in [1.165, 1.54) is 18.4 Å². The highest BCUT2D eigenvalue weighted by Crippen LogP contribution is 2.37. The lowest BCUT2D eigenvalue weighted by molar-refractivity contribution is -0.119. The monoisotopic (exact) mass is 260 g/mol. The highest BCUT2D eigenvalue weighted by Gasteiger charge is 2.32. The quantitative estimate of drug-likeness (QED) is 0.823. The van der Waals surface area contributed by atoms with E-state index in [9.17, 15) is 4.79 Å². The van der Waals surface area contributed by atoms with Crippen molar-refractivity contribution in [2.24, 2.45) is 11.8 Å². The summed E-state index contributed by atoms with van der Waals surface area (Å²) in [7, 11) is 0. The average molecular weight is 260 g/mol. The van der Waals surface area contributed by atoms with E-state index in [-0.39, 0.29) is 11.8 Å². The smallest absolute Gasteiger partial charge is 0.227 e. The second-order valence-corrected chi connectivity index (χ2v) is 5.52. The van der Waals surface area contributed by atoms with Crippen molar-refractivity contribution >= 4 is 11.6 Å². The Labute approximate surface area is 115 Å². The fraction of sp³-hybridized carbons (Fsp3) is 0.562. The topological polar surface area (TPSA) is 41.1 Å². The van der Waals surface area contributed by atoms with Crippen molar-refractivity contribution in [1.82, 2.24) is 5.32 Å². The predicted octanol–water partition coefficient (Wildman–Crippen LogP) is 3.34. The molecule has 2 rings (SSSR count). The molecule has 0 bridgehead atoms. The summed E-state index contributed by atoms with van der Waals surface area (Å²) in [6.07, 6.45) is 2.40. The van der Waals surface area contributed by atoms with E-state index in [1.54, 1.807) is 0 Å². The highest BCUT2D eigenvalue weighted by atomic mass is 16.1. The van der Waals surface area contributed by atoms with Crippen LogP contribution in [0, 0.1) is 11.8 Å². The van der Waals surface area contributed by atoms with Gasteiger partial charge in [-0.05, 0) is 49.9 Å². The zero-order chi connectivity index (χ0) is 13.8. The third kappa shape index (κ3) is 3.80. The number of nitrogens with one attached hydrogen (secondary N) is 2. The van der Waals surface area contributed by atoms with Gasteiger partial charge < -0.3 is 10.6 Å². The van der Waals surface area contributed by atoms with E-state index in [0.29, 0.717) is 12.0 Å². The Hall–Kier alpha value is -1.35. The molecule has 19 heavy (non-hydrogen) atoms. The molecule has 3 heteroatoms. The van der Waals surface area contributed by atoms with Crippen molar-refractivity contribution < 1.29 is 4.79 Å². The molecule has 3 nitrogen and oxygen atoms in total. The lowest BCUT2D eigenvalue weighted by Gasteiger charge is -2.14. The van der Waals surface area contributed by atoms with E-state index in [0.717, 1.165) is 12.2 Å². The molecule has 0 heterocycles. The lowest BCUT2D eigenvalue weighted by atomic mass is 10.1. The number of amides is 1. The molecule has 0 aliphatic heterocycles. The van der Waals surface area contributed by atoms with Crippen molar-refractivity contribution in [3.63, 3.8) is 0 Å². The standard InChI is InChI=1S/C16H24N2O/c1-4-17-12(3)14-7-9-15(10-8-14)18-16(19)11(2)13-5-6-13/h7-13,17H,4-6H2,1-3H3,(H,18,19). The summed E-state index contributed by atoms with van der Waals surface area (Å²) >= 11 is 0. The van der Waals surface area contributed by atoms with E-state index >= 15 is 0 Å².